The van der Waals surface area contributed by atoms with E-state index >= 15 is 0 Å². The van der Waals surface area contributed by atoms with E-state index in [0.29, 0.717) is 18.0 Å². The highest BCUT2D eigenvalue weighted by atomic mass is 15.0. The van der Waals surface area contributed by atoms with Gasteiger partial charge in [0.25, 0.3) is 0 Å². The molecule has 3 N–H and O–H groups in total. The molecule has 0 aromatic heterocycles. The van der Waals surface area contributed by atoms with Gasteiger partial charge in [-0.1, -0.05) is 36.2 Å². The summed E-state index contributed by atoms with van der Waals surface area (Å²) in [6, 6.07) is 9.84. The summed E-state index contributed by atoms with van der Waals surface area (Å²) in [7, 11) is 0. The molecular weight excluding hydrogens is 208 g/mol. The van der Waals surface area contributed by atoms with Crippen LogP contribution in [0.5, 0.6) is 0 Å². The van der Waals surface area contributed by atoms with Gasteiger partial charge >= 0.3 is 0 Å². The summed E-state index contributed by atoms with van der Waals surface area (Å²) in [5, 5.41) is 3.74. The van der Waals surface area contributed by atoms with Gasteiger partial charge in [0.15, 0.2) is 0 Å². The number of benzene rings is 1. The van der Waals surface area contributed by atoms with Crippen molar-refractivity contribution >= 4 is 0 Å². The van der Waals surface area contributed by atoms with Crippen LogP contribution in [0.1, 0.15) is 43.4 Å². The highest BCUT2D eigenvalue weighted by molar-refractivity contribution is 5.23. The average Bonchev–Trinajstić information content (AvgIpc) is 2.77. The summed E-state index contributed by atoms with van der Waals surface area (Å²) in [6.07, 6.45) is 3.88. The second kappa shape index (κ2) is 5.65. The minimum absolute atomic E-state index is 0.424. The lowest BCUT2D eigenvalue weighted by atomic mass is 10.0. The van der Waals surface area contributed by atoms with Crippen LogP contribution in [-0.4, -0.2) is 12.6 Å². The van der Waals surface area contributed by atoms with Crippen molar-refractivity contribution in [3.05, 3.63) is 35.4 Å². The van der Waals surface area contributed by atoms with Gasteiger partial charge in [-0.3, -0.25) is 0 Å². The molecule has 17 heavy (non-hydrogen) atoms. The SMILES string of the molecule is Cc1ccc(C(C)NC2CCCC2CN)cc1. The Hall–Kier alpha value is -0.860. The smallest absolute Gasteiger partial charge is 0.0294 e. The summed E-state index contributed by atoms with van der Waals surface area (Å²) in [6.45, 7) is 5.19. The zero-order valence-corrected chi connectivity index (χ0v) is 10.9. The van der Waals surface area contributed by atoms with Gasteiger partial charge < -0.3 is 11.1 Å². The van der Waals surface area contributed by atoms with E-state index in [1.807, 2.05) is 0 Å². The Kier molecular flexibility index (Phi) is 4.19. The van der Waals surface area contributed by atoms with Crippen LogP contribution in [0.15, 0.2) is 24.3 Å². The Balaban J connectivity index is 1.96. The maximum absolute atomic E-state index is 5.82. The van der Waals surface area contributed by atoms with Crippen LogP contribution in [0.4, 0.5) is 0 Å². The Morgan fingerprint density at radius 1 is 1.29 bits per heavy atom. The van der Waals surface area contributed by atoms with Crippen molar-refractivity contribution in [2.24, 2.45) is 11.7 Å². The molecule has 2 rings (SSSR count). The Bertz CT molecular complexity index is 344. The van der Waals surface area contributed by atoms with E-state index in [4.69, 9.17) is 5.73 Å². The van der Waals surface area contributed by atoms with E-state index in [2.05, 4.69) is 43.4 Å². The molecule has 1 aromatic rings. The molecule has 0 aliphatic heterocycles. The highest BCUT2D eigenvalue weighted by Crippen LogP contribution is 2.27. The molecular formula is C15H24N2. The summed E-state index contributed by atoms with van der Waals surface area (Å²) in [5.41, 5.74) is 8.51. The maximum Gasteiger partial charge on any atom is 0.0294 e. The number of rotatable bonds is 4. The molecule has 2 nitrogen and oxygen atoms in total. The third-order valence-electron chi connectivity index (χ3n) is 4.00. The van der Waals surface area contributed by atoms with Crippen LogP contribution >= 0.6 is 0 Å². The van der Waals surface area contributed by atoms with Crippen LogP contribution in [0.3, 0.4) is 0 Å². The van der Waals surface area contributed by atoms with Crippen LogP contribution in [0.2, 0.25) is 0 Å². The Labute approximate surface area is 105 Å². The lowest BCUT2D eigenvalue weighted by molar-refractivity contribution is 0.374. The fraction of sp³-hybridized carbons (Fsp3) is 0.600. The summed E-state index contributed by atoms with van der Waals surface area (Å²) in [5.74, 6) is 0.669. The minimum atomic E-state index is 0.424. The fourth-order valence-electron chi connectivity index (χ4n) is 2.81. The van der Waals surface area contributed by atoms with Crippen LogP contribution in [0.25, 0.3) is 0 Å². The normalized spacial score (nSPS) is 26.1. The molecule has 0 saturated heterocycles. The molecule has 1 saturated carbocycles. The average molecular weight is 232 g/mol. The molecule has 3 unspecified atom stereocenters. The molecule has 94 valence electrons. The lowest BCUT2D eigenvalue weighted by Crippen LogP contribution is -2.37. The molecule has 1 aliphatic rings. The molecule has 0 heterocycles. The highest BCUT2D eigenvalue weighted by Gasteiger charge is 2.26. The molecule has 1 fully saturated rings. The van der Waals surface area contributed by atoms with Crippen molar-refractivity contribution < 1.29 is 0 Å². The van der Waals surface area contributed by atoms with E-state index in [1.54, 1.807) is 0 Å². The largest absolute Gasteiger partial charge is 0.330 e. The number of hydrogen-bond donors (Lipinski definition) is 2. The number of hydrogen-bond acceptors (Lipinski definition) is 2. The monoisotopic (exact) mass is 232 g/mol. The predicted octanol–water partition coefficient (Wildman–Crippen LogP) is 2.77. The van der Waals surface area contributed by atoms with Crippen molar-refractivity contribution in [2.75, 3.05) is 6.54 Å². The minimum Gasteiger partial charge on any atom is -0.330 e. The molecule has 0 bridgehead atoms. The summed E-state index contributed by atoms with van der Waals surface area (Å²) >= 11 is 0. The molecule has 0 spiro atoms. The van der Waals surface area contributed by atoms with Crippen molar-refractivity contribution in [3.8, 4) is 0 Å². The first kappa shape index (κ1) is 12.6. The lowest BCUT2D eigenvalue weighted by Gasteiger charge is -2.24. The number of nitrogens with two attached hydrogens (primary N) is 1. The number of aryl methyl sites for hydroxylation is 1. The first-order valence-corrected chi connectivity index (χ1v) is 6.73. The van der Waals surface area contributed by atoms with E-state index < -0.39 is 0 Å². The molecule has 2 heteroatoms. The molecule has 1 aromatic carbocycles. The molecule has 1 aliphatic carbocycles. The van der Waals surface area contributed by atoms with E-state index in [9.17, 15) is 0 Å². The molecule has 3 atom stereocenters. The first-order valence-electron chi connectivity index (χ1n) is 6.73. The zero-order valence-electron chi connectivity index (χ0n) is 10.9. The Morgan fingerprint density at radius 2 is 2.00 bits per heavy atom. The standard InChI is InChI=1S/C15H24N2/c1-11-6-8-13(9-7-11)12(2)17-15-5-3-4-14(15)10-16/h6-9,12,14-15,17H,3-5,10,16H2,1-2H3. The van der Waals surface area contributed by atoms with E-state index in [1.165, 1.54) is 30.4 Å². The van der Waals surface area contributed by atoms with Crippen LogP contribution < -0.4 is 11.1 Å². The summed E-state index contributed by atoms with van der Waals surface area (Å²) < 4.78 is 0. The second-order valence-electron chi connectivity index (χ2n) is 5.33. The van der Waals surface area contributed by atoms with Crippen molar-refractivity contribution in [2.45, 2.75) is 45.2 Å². The van der Waals surface area contributed by atoms with Crippen molar-refractivity contribution in [1.82, 2.24) is 5.32 Å². The zero-order chi connectivity index (χ0) is 12.3. The van der Waals surface area contributed by atoms with Gasteiger partial charge in [0.1, 0.15) is 0 Å². The first-order chi connectivity index (χ1) is 8.20. The topological polar surface area (TPSA) is 38.0 Å². The van der Waals surface area contributed by atoms with Gasteiger partial charge in [-0.2, -0.15) is 0 Å². The van der Waals surface area contributed by atoms with E-state index in [-0.39, 0.29) is 0 Å². The van der Waals surface area contributed by atoms with Gasteiger partial charge in [-0.15, -0.1) is 0 Å². The molecule has 0 amide bonds. The van der Waals surface area contributed by atoms with Gasteiger partial charge in [-0.25, -0.2) is 0 Å². The Morgan fingerprint density at radius 3 is 2.65 bits per heavy atom. The summed E-state index contributed by atoms with van der Waals surface area (Å²) in [4.78, 5) is 0. The number of nitrogens with one attached hydrogen (secondary N) is 1. The van der Waals surface area contributed by atoms with Crippen LogP contribution in [0, 0.1) is 12.8 Å². The predicted molar refractivity (Wildman–Crippen MR) is 72.9 cm³/mol. The van der Waals surface area contributed by atoms with Crippen molar-refractivity contribution in [1.29, 1.82) is 0 Å². The van der Waals surface area contributed by atoms with Crippen LogP contribution in [-0.2, 0) is 0 Å². The maximum atomic E-state index is 5.82. The van der Waals surface area contributed by atoms with Gasteiger partial charge in [0.05, 0.1) is 0 Å². The third kappa shape index (κ3) is 3.08. The third-order valence-corrected chi connectivity index (χ3v) is 4.00. The quantitative estimate of drug-likeness (QED) is 0.837. The fourth-order valence-corrected chi connectivity index (χ4v) is 2.81. The van der Waals surface area contributed by atoms with Crippen molar-refractivity contribution in [3.63, 3.8) is 0 Å². The molecule has 0 radical (unpaired) electrons. The van der Waals surface area contributed by atoms with Gasteiger partial charge in [-0.05, 0) is 44.7 Å². The van der Waals surface area contributed by atoms with E-state index in [0.717, 1.165) is 6.54 Å². The van der Waals surface area contributed by atoms with Gasteiger partial charge in [0, 0.05) is 12.1 Å². The van der Waals surface area contributed by atoms with Gasteiger partial charge in [0.2, 0.25) is 0 Å². The second-order valence-corrected chi connectivity index (χ2v) is 5.33.